The van der Waals surface area contributed by atoms with Crippen molar-refractivity contribution in [2.24, 2.45) is 5.92 Å². The summed E-state index contributed by atoms with van der Waals surface area (Å²) in [6.45, 7) is 4.81. The third-order valence-electron chi connectivity index (χ3n) is 3.58. The van der Waals surface area contributed by atoms with Crippen molar-refractivity contribution in [3.05, 3.63) is 35.9 Å². The lowest BCUT2D eigenvalue weighted by Crippen LogP contribution is -2.35. The van der Waals surface area contributed by atoms with Crippen molar-refractivity contribution in [2.75, 3.05) is 13.2 Å². The SMILES string of the molecule is CCOC(=O)[C@H](C)C[C@@H]1COC(=O)N1Cc1ccccc1. The summed E-state index contributed by atoms with van der Waals surface area (Å²) in [7, 11) is 0. The van der Waals surface area contributed by atoms with Crippen molar-refractivity contribution >= 4 is 12.1 Å². The summed E-state index contributed by atoms with van der Waals surface area (Å²) >= 11 is 0. The Bertz CT molecular complexity index is 488. The number of carbonyl (C=O) groups excluding carboxylic acids is 2. The average molecular weight is 291 g/mol. The molecule has 114 valence electrons. The van der Waals surface area contributed by atoms with Crippen LogP contribution in [0.1, 0.15) is 25.8 Å². The predicted octanol–water partition coefficient (Wildman–Crippen LogP) is 2.60. The van der Waals surface area contributed by atoms with Crippen molar-refractivity contribution in [1.82, 2.24) is 4.90 Å². The van der Waals surface area contributed by atoms with Gasteiger partial charge in [0.2, 0.25) is 0 Å². The molecule has 0 saturated carbocycles. The lowest BCUT2D eigenvalue weighted by Gasteiger charge is -2.23. The standard InChI is InChI=1S/C16H21NO4/c1-3-20-15(18)12(2)9-14-11-21-16(19)17(14)10-13-7-5-4-6-8-13/h4-8,12,14H,3,9-11H2,1-2H3/t12-,14-/m1/s1. The second-order valence-electron chi connectivity index (χ2n) is 5.23. The van der Waals surface area contributed by atoms with E-state index < -0.39 is 0 Å². The molecule has 21 heavy (non-hydrogen) atoms. The number of hydrogen-bond acceptors (Lipinski definition) is 4. The van der Waals surface area contributed by atoms with Crippen LogP contribution in [-0.2, 0) is 20.8 Å². The number of rotatable bonds is 6. The van der Waals surface area contributed by atoms with Crippen molar-refractivity contribution in [3.63, 3.8) is 0 Å². The number of hydrogen-bond donors (Lipinski definition) is 0. The maximum atomic E-state index is 11.9. The van der Waals surface area contributed by atoms with E-state index >= 15 is 0 Å². The van der Waals surface area contributed by atoms with Gasteiger partial charge in [-0.15, -0.1) is 0 Å². The second-order valence-corrected chi connectivity index (χ2v) is 5.23. The zero-order chi connectivity index (χ0) is 15.2. The molecule has 1 aromatic carbocycles. The smallest absolute Gasteiger partial charge is 0.410 e. The van der Waals surface area contributed by atoms with Gasteiger partial charge < -0.3 is 9.47 Å². The van der Waals surface area contributed by atoms with Gasteiger partial charge >= 0.3 is 12.1 Å². The Hall–Kier alpha value is -2.04. The first-order chi connectivity index (χ1) is 10.1. The van der Waals surface area contributed by atoms with Crippen molar-refractivity contribution < 1.29 is 19.1 Å². The summed E-state index contributed by atoms with van der Waals surface area (Å²) in [6.07, 6.45) is 0.233. The molecule has 0 spiro atoms. The van der Waals surface area contributed by atoms with Gasteiger partial charge in [0.15, 0.2) is 0 Å². The Morgan fingerprint density at radius 3 is 2.81 bits per heavy atom. The van der Waals surface area contributed by atoms with E-state index in [4.69, 9.17) is 9.47 Å². The fourth-order valence-electron chi connectivity index (χ4n) is 2.45. The molecule has 1 heterocycles. The zero-order valence-corrected chi connectivity index (χ0v) is 12.5. The van der Waals surface area contributed by atoms with Crippen LogP contribution >= 0.6 is 0 Å². The second kappa shape index (κ2) is 7.11. The Balaban J connectivity index is 1.98. The lowest BCUT2D eigenvalue weighted by molar-refractivity contribution is -0.148. The topological polar surface area (TPSA) is 55.8 Å². The van der Waals surface area contributed by atoms with Gasteiger partial charge in [0.05, 0.1) is 18.6 Å². The first-order valence-corrected chi connectivity index (χ1v) is 7.25. The van der Waals surface area contributed by atoms with Crippen LogP contribution in [0.4, 0.5) is 4.79 Å². The monoisotopic (exact) mass is 291 g/mol. The maximum absolute atomic E-state index is 11.9. The zero-order valence-electron chi connectivity index (χ0n) is 12.5. The predicted molar refractivity (Wildman–Crippen MR) is 77.5 cm³/mol. The highest BCUT2D eigenvalue weighted by Crippen LogP contribution is 2.22. The number of esters is 1. The lowest BCUT2D eigenvalue weighted by atomic mass is 10.0. The number of benzene rings is 1. The highest BCUT2D eigenvalue weighted by atomic mass is 16.6. The number of amides is 1. The van der Waals surface area contributed by atoms with Crippen molar-refractivity contribution in [2.45, 2.75) is 32.9 Å². The minimum Gasteiger partial charge on any atom is -0.466 e. The molecule has 0 bridgehead atoms. The molecule has 5 nitrogen and oxygen atoms in total. The van der Waals surface area contributed by atoms with E-state index in [1.54, 1.807) is 11.8 Å². The summed E-state index contributed by atoms with van der Waals surface area (Å²) in [4.78, 5) is 25.3. The average Bonchev–Trinajstić information content (AvgIpc) is 2.81. The first-order valence-electron chi connectivity index (χ1n) is 7.25. The third kappa shape index (κ3) is 3.97. The van der Waals surface area contributed by atoms with Gasteiger partial charge in [-0.3, -0.25) is 9.69 Å². The molecule has 1 aliphatic rings. The van der Waals surface area contributed by atoms with Gasteiger partial charge in [0.25, 0.3) is 0 Å². The van der Waals surface area contributed by atoms with Crippen LogP contribution in [0.3, 0.4) is 0 Å². The summed E-state index contributed by atoms with van der Waals surface area (Å²) in [5.74, 6) is -0.473. The van der Waals surface area contributed by atoms with Gasteiger partial charge in [-0.2, -0.15) is 0 Å². The van der Waals surface area contributed by atoms with Gasteiger partial charge in [0, 0.05) is 6.54 Å². The summed E-state index contributed by atoms with van der Waals surface area (Å²) in [5, 5.41) is 0. The van der Waals surface area contributed by atoms with E-state index in [2.05, 4.69) is 0 Å². The van der Waals surface area contributed by atoms with Gasteiger partial charge in [-0.1, -0.05) is 37.3 Å². The molecule has 0 aliphatic carbocycles. The first kappa shape index (κ1) is 15.4. The van der Waals surface area contributed by atoms with Crippen LogP contribution in [0.15, 0.2) is 30.3 Å². The van der Waals surface area contributed by atoms with E-state index in [1.807, 2.05) is 37.3 Å². The van der Waals surface area contributed by atoms with Gasteiger partial charge in [-0.05, 0) is 18.9 Å². The summed E-state index contributed by atoms with van der Waals surface area (Å²) < 4.78 is 10.1. The van der Waals surface area contributed by atoms with Crippen LogP contribution in [0.25, 0.3) is 0 Å². The molecule has 0 radical (unpaired) electrons. The van der Waals surface area contributed by atoms with Crippen LogP contribution in [0.2, 0.25) is 0 Å². The highest BCUT2D eigenvalue weighted by Gasteiger charge is 2.35. The molecule has 1 fully saturated rings. The summed E-state index contributed by atoms with van der Waals surface area (Å²) in [5.41, 5.74) is 1.05. The van der Waals surface area contributed by atoms with Crippen LogP contribution in [0.5, 0.6) is 0 Å². The van der Waals surface area contributed by atoms with Gasteiger partial charge in [-0.25, -0.2) is 4.79 Å². The van der Waals surface area contributed by atoms with E-state index in [1.165, 1.54) is 0 Å². The number of ether oxygens (including phenoxy) is 2. The minimum atomic E-state index is -0.320. The minimum absolute atomic E-state index is 0.0860. The fourth-order valence-corrected chi connectivity index (χ4v) is 2.45. The molecule has 1 aromatic rings. The van der Waals surface area contributed by atoms with Crippen LogP contribution in [-0.4, -0.2) is 36.2 Å². The fraction of sp³-hybridized carbons (Fsp3) is 0.500. The molecule has 0 N–H and O–H groups in total. The molecule has 0 aromatic heterocycles. The van der Waals surface area contributed by atoms with Crippen LogP contribution in [0, 0.1) is 5.92 Å². The molecule has 1 amide bonds. The quantitative estimate of drug-likeness (QED) is 0.756. The summed E-state index contributed by atoms with van der Waals surface area (Å²) in [6, 6.07) is 9.66. The van der Waals surface area contributed by atoms with E-state index in [9.17, 15) is 9.59 Å². The molecule has 2 rings (SSSR count). The number of nitrogens with zero attached hydrogens (tertiary/aromatic N) is 1. The number of carbonyl (C=O) groups is 2. The molecule has 1 aliphatic heterocycles. The largest absolute Gasteiger partial charge is 0.466 e. The Kier molecular flexibility index (Phi) is 5.20. The molecular weight excluding hydrogens is 270 g/mol. The molecular formula is C16H21NO4. The van der Waals surface area contributed by atoms with Crippen molar-refractivity contribution in [3.8, 4) is 0 Å². The molecule has 1 saturated heterocycles. The normalized spacial score (nSPS) is 19.2. The van der Waals surface area contributed by atoms with Crippen LogP contribution < -0.4 is 0 Å². The highest BCUT2D eigenvalue weighted by molar-refractivity contribution is 5.73. The Labute approximate surface area is 124 Å². The third-order valence-corrected chi connectivity index (χ3v) is 3.58. The maximum Gasteiger partial charge on any atom is 0.410 e. The number of cyclic esters (lactones) is 1. The van der Waals surface area contributed by atoms with E-state index in [0.29, 0.717) is 26.2 Å². The Morgan fingerprint density at radius 1 is 1.43 bits per heavy atom. The molecule has 0 unspecified atom stereocenters. The Morgan fingerprint density at radius 2 is 2.14 bits per heavy atom. The van der Waals surface area contributed by atoms with E-state index in [-0.39, 0.29) is 24.0 Å². The van der Waals surface area contributed by atoms with E-state index in [0.717, 1.165) is 5.56 Å². The van der Waals surface area contributed by atoms with Crippen molar-refractivity contribution in [1.29, 1.82) is 0 Å². The molecule has 5 heteroatoms. The van der Waals surface area contributed by atoms with Gasteiger partial charge in [0.1, 0.15) is 6.61 Å². The molecule has 2 atom stereocenters.